The van der Waals surface area contributed by atoms with Crippen LogP contribution in [0.3, 0.4) is 0 Å². The van der Waals surface area contributed by atoms with Gasteiger partial charge in [-0.15, -0.1) is 11.3 Å². The number of carbonyl (C=O) groups excluding carboxylic acids is 1. The summed E-state index contributed by atoms with van der Waals surface area (Å²) in [6.45, 7) is 2.76. The van der Waals surface area contributed by atoms with Gasteiger partial charge in [0.05, 0.1) is 17.2 Å². The fourth-order valence-corrected chi connectivity index (χ4v) is 5.23. The molecule has 9 heteroatoms. The van der Waals surface area contributed by atoms with Crippen molar-refractivity contribution >= 4 is 28.8 Å². The van der Waals surface area contributed by atoms with Crippen LogP contribution >= 0.6 is 22.9 Å². The van der Waals surface area contributed by atoms with Gasteiger partial charge < -0.3 is 15.7 Å². The molecule has 0 saturated heterocycles. The molecule has 1 amide bonds. The molecular weight excluding hydrogens is 528 g/mol. The highest BCUT2D eigenvalue weighted by molar-refractivity contribution is 7.13. The van der Waals surface area contributed by atoms with E-state index in [2.05, 4.69) is 34.7 Å². The van der Waals surface area contributed by atoms with Crippen molar-refractivity contribution in [2.45, 2.75) is 38.5 Å². The molecule has 0 spiro atoms. The number of halogens is 3. The summed E-state index contributed by atoms with van der Waals surface area (Å²) in [4.78, 5) is 17.5. The summed E-state index contributed by atoms with van der Waals surface area (Å²) in [5.74, 6) is -1.95. The van der Waals surface area contributed by atoms with E-state index in [-0.39, 0.29) is 18.7 Å². The first-order valence-electron chi connectivity index (χ1n) is 12.2. The van der Waals surface area contributed by atoms with Crippen molar-refractivity contribution in [3.63, 3.8) is 0 Å². The third-order valence-corrected chi connectivity index (χ3v) is 7.29. The van der Waals surface area contributed by atoms with E-state index in [1.54, 1.807) is 11.4 Å². The Hall–Kier alpha value is -3.17. The predicted molar refractivity (Wildman–Crippen MR) is 147 cm³/mol. The van der Waals surface area contributed by atoms with Gasteiger partial charge in [-0.2, -0.15) is 0 Å². The summed E-state index contributed by atoms with van der Waals surface area (Å²) < 4.78 is 27.7. The van der Waals surface area contributed by atoms with Gasteiger partial charge in [0.25, 0.3) is 5.91 Å². The van der Waals surface area contributed by atoms with Gasteiger partial charge in [0.1, 0.15) is 22.3 Å². The molecule has 3 N–H and O–H groups in total. The van der Waals surface area contributed by atoms with Gasteiger partial charge in [0.2, 0.25) is 0 Å². The van der Waals surface area contributed by atoms with Crippen molar-refractivity contribution in [3.8, 4) is 10.6 Å². The van der Waals surface area contributed by atoms with Crippen LogP contribution in [-0.2, 0) is 19.4 Å². The van der Waals surface area contributed by atoms with Crippen LogP contribution in [0.15, 0.2) is 72.1 Å². The average Bonchev–Trinajstić information content (AvgIpc) is 3.38. The van der Waals surface area contributed by atoms with Gasteiger partial charge in [0.15, 0.2) is 0 Å². The molecule has 38 heavy (non-hydrogen) atoms. The number of aliphatic hydroxyl groups is 1. The lowest BCUT2D eigenvalue weighted by atomic mass is 10.00. The Kier molecular flexibility index (Phi) is 9.58. The van der Waals surface area contributed by atoms with Crippen LogP contribution in [0, 0.1) is 11.6 Å². The lowest BCUT2D eigenvalue weighted by Crippen LogP contribution is -2.48. The van der Waals surface area contributed by atoms with Crippen LogP contribution in [0.4, 0.5) is 8.78 Å². The van der Waals surface area contributed by atoms with E-state index >= 15 is 0 Å². The van der Waals surface area contributed by atoms with Crippen molar-refractivity contribution < 1.29 is 18.7 Å². The van der Waals surface area contributed by atoms with Crippen LogP contribution in [0.25, 0.3) is 10.6 Å². The Balaban J connectivity index is 1.47. The maximum absolute atomic E-state index is 13.8. The minimum atomic E-state index is -1.04. The zero-order valence-electron chi connectivity index (χ0n) is 20.8. The molecule has 2 atom stereocenters. The SMILES string of the molecule is CCc1cccc(CNC[C@H](O)[C@H](Cc2cc(F)cc(F)c2)NC(=O)c2csc(-c3ccccc3Cl)n2)c1. The second kappa shape index (κ2) is 13.1. The molecule has 1 heterocycles. The Bertz CT molecular complexity index is 1380. The van der Waals surface area contributed by atoms with Gasteiger partial charge in [-0.1, -0.05) is 61.0 Å². The van der Waals surface area contributed by atoms with Crippen LogP contribution in [0.5, 0.6) is 0 Å². The summed E-state index contributed by atoms with van der Waals surface area (Å²) in [6.07, 6.45) is -0.0963. The van der Waals surface area contributed by atoms with Crippen molar-refractivity contribution in [3.05, 3.63) is 111 Å². The lowest BCUT2D eigenvalue weighted by molar-refractivity contribution is 0.0826. The molecule has 0 aliphatic rings. The average molecular weight is 556 g/mol. The standard InChI is InChI=1S/C29H28ClF2N3O2S/c1-2-18-6-5-7-19(10-18)15-33-16-27(36)25(13-20-11-21(31)14-22(32)12-20)34-28(37)26-17-38-29(35-26)23-8-3-4-9-24(23)30/h3-12,14,17,25,27,33,36H,2,13,15-16H2,1H3,(H,34,37)/t25-,27-/m0/s1. The molecule has 0 radical (unpaired) electrons. The molecule has 0 bridgehead atoms. The van der Waals surface area contributed by atoms with Crippen molar-refractivity contribution in [1.82, 2.24) is 15.6 Å². The summed E-state index contributed by atoms with van der Waals surface area (Å²) >= 11 is 7.54. The number of nitrogens with zero attached hydrogens (tertiary/aromatic N) is 1. The van der Waals surface area contributed by atoms with E-state index < -0.39 is 29.7 Å². The van der Waals surface area contributed by atoms with E-state index in [4.69, 9.17) is 11.6 Å². The number of thiazole rings is 1. The number of aryl methyl sites for hydroxylation is 1. The first-order chi connectivity index (χ1) is 18.3. The second-order valence-corrected chi connectivity index (χ2v) is 10.2. The fourth-order valence-electron chi connectivity index (χ4n) is 4.11. The van der Waals surface area contributed by atoms with Gasteiger partial charge >= 0.3 is 0 Å². The molecular formula is C29H28ClF2N3O2S. The predicted octanol–water partition coefficient (Wildman–Crippen LogP) is 5.80. The molecule has 0 aliphatic heterocycles. The zero-order valence-corrected chi connectivity index (χ0v) is 22.3. The van der Waals surface area contributed by atoms with Crippen LogP contribution in [-0.4, -0.2) is 34.7 Å². The van der Waals surface area contributed by atoms with Crippen LogP contribution in [0.2, 0.25) is 5.02 Å². The molecule has 4 rings (SSSR count). The highest BCUT2D eigenvalue weighted by Gasteiger charge is 2.24. The molecule has 3 aromatic carbocycles. The van der Waals surface area contributed by atoms with Gasteiger partial charge in [-0.05, 0) is 47.7 Å². The summed E-state index contributed by atoms with van der Waals surface area (Å²) in [5.41, 5.74) is 3.47. The number of rotatable bonds is 11. The number of hydrogen-bond donors (Lipinski definition) is 3. The summed E-state index contributed by atoms with van der Waals surface area (Å²) in [7, 11) is 0. The number of amides is 1. The van der Waals surface area contributed by atoms with E-state index in [9.17, 15) is 18.7 Å². The quantitative estimate of drug-likeness (QED) is 0.219. The van der Waals surface area contributed by atoms with Gasteiger partial charge in [-0.25, -0.2) is 13.8 Å². The zero-order chi connectivity index (χ0) is 27.1. The van der Waals surface area contributed by atoms with Crippen molar-refractivity contribution in [1.29, 1.82) is 0 Å². The monoisotopic (exact) mass is 555 g/mol. The highest BCUT2D eigenvalue weighted by Crippen LogP contribution is 2.30. The molecule has 5 nitrogen and oxygen atoms in total. The third-order valence-electron chi connectivity index (χ3n) is 6.08. The number of benzene rings is 3. The van der Waals surface area contributed by atoms with E-state index in [1.165, 1.54) is 29.0 Å². The largest absolute Gasteiger partial charge is 0.390 e. The Morgan fingerprint density at radius 1 is 1.03 bits per heavy atom. The second-order valence-electron chi connectivity index (χ2n) is 8.95. The smallest absolute Gasteiger partial charge is 0.271 e. The van der Waals surface area contributed by atoms with E-state index in [1.807, 2.05) is 30.3 Å². The first-order valence-corrected chi connectivity index (χ1v) is 13.5. The normalized spacial score (nSPS) is 12.8. The Morgan fingerprint density at radius 2 is 1.76 bits per heavy atom. The van der Waals surface area contributed by atoms with E-state index in [0.717, 1.165) is 18.1 Å². The number of hydrogen-bond acceptors (Lipinski definition) is 5. The number of aromatic nitrogens is 1. The summed E-state index contributed by atoms with van der Waals surface area (Å²) in [6, 6.07) is 17.7. The molecule has 198 valence electrons. The lowest BCUT2D eigenvalue weighted by Gasteiger charge is -2.24. The maximum Gasteiger partial charge on any atom is 0.271 e. The molecule has 0 aliphatic carbocycles. The van der Waals surface area contributed by atoms with Crippen LogP contribution < -0.4 is 10.6 Å². The van der Waals surface area contributed by atoms with Crippen LogP contribution in [0.1, 0.15) is 34.1 Å². The number of carbonyl (C=O) groups is 1. The van der Waals surface area contributed by atoms with Gasteiger partial charge in [0, 0.05) is 30.1 Å². The molecule has 0 unspecified atom stereocenters. The molecule has 0 saturated carbocycles. The number of aliphatic hydroxyl groups excluding tert-OH is 1. The minimum Gasteiger partial charge on any atom is -0.390 e. The fraction of sp³-hybridized carbons (Fsp3) is 0.241. The van der Waals surface area contributed by atoms with E-state index in [0.29, 0.717) is 27.7 Å². The third kappa shape index (κ3) is 7.45. The summed E-state index contributed by atoms with van der Waals surface area (Å²) in [5, 5.41) is 19.7. The number of nitrogens with one attached hydrogen (secondary N) is 2. The maximum atomic E-state index is 13.8. The topological polar surface area (TPSA) is 74.2 Å². The Morgan fingerprint density at radius 3 is 2.50 bits per heavy atom. The molecule has 1 aromatic heterocycles. The minimum absolute atomic E-state index is 0.0239. The van der Waals surface area contributed by atoms with Crippen molar-refractivity contribution in [2.24, 2.45) is 0 Å². The highest BCUT2D eigenvalue weighted by atomic mass is 35.5. The molecule has 0 fully saturated rings. The molecule has 4 aromatic rings. The first kappa shape index (κ1) is 27.9. The van der Waals surface area contributed by atoms with Crippen molar-refractivity contribution in [2.75, 3.05) is 6.54 Å². The Labute approximate surface area is 229 Å². The van der Waals surface area contributed by atoms with Gasteiger partial charge in [-0.3, -0.25) is 4.79 Å².